The van der Waals surface area contributed by atoms with Crippen molar-refractivity contribution in [3.8, 4) is 49.5 Å². The molecule has 39 heavy (non-hydrogen) atoms. The van der Waals surface area contributed by atoms with E-state index in [2.05, 4.69) is 5.32 Å². The summed E-state index contributed by atoms with van der Waals surface area (Å²) in [6.45, 7) is 0. The van der Waals surface area contributed by atoms with Crippen LogP contribution in [0, 0.1) is 0 Å². The molecule has 0 bridgehead atoms. The molecule has 6 nitrogen and oxygen atoms in total. The fourth-order valence-corrected chi connectivity index (χ4v) is 5.51. The maximum Gasteiger partial charge on any atom is 0.412 e. The molecular weight excluding hydrogens is 504 g/mol. The van der Waals surface area contributed by atoms with Crippen LogP contribution in [0.4, 0.5) is 10.6 Å². The molecule has 0 fully saturated rings. The Hall–Kier alpha value is -5.01. The number of thiazole rings is 1. The Morgan fingerprint density at radius 1 is 0.667 bits per heavy atom. The molecule has 0 saturated heterocycles. The van der Waals surface area contributed by atoms with Gasteiger partial charge >= 0.3 is 6.09 Å². The lowest BCUT2D eigenvalue weighted by molar-refractivity contribution is 0.187. The summed E-state index contributed by atoms with van der Waals surface area (Å²) in [7, 11) is 1.35. The van der Waals surface area contributed by atoms with Crippen LogP contribution in [0.1, 0.15) is 0 Å². The third-order valence-electron chi connectivity index (χ3n) is 6.24. The van der Waals surface area contributed by atoms with E-state index in [1.54, 1.807) is 11.3 Å². The third-order valence-corrected chi connectivity index (χ3v) is 7.33. The number of nitrogens with one attached hydrogen (secondary N) is 1. The summed E-state index contributed by atoms with van der Waals surface area (Å²) in [6.07, 6.45) is -0.581. The van der Waals surface area contributed by atoms with Crippen molar-refractivity contribution in [3.05, 3.63) is 121 Å². The fourth-order valence-electron chi connectivity index (χ4n) is 4.41. The number of anilines is 1. The van der Waals surface area contributed by atoms with Gasteiger partial charge in [-0.25, -0.2) is 14.8 Å². The first-order chi connectivity index (χ1) is 19.2. The van der Waals surface area contributed by atoms with Gasteiger partial charge in [0, 0.05) is 22.3 Å². The van der Waals surface area contributed by atoms with E-state index in [0.29, 0.717) is 17.3 Å². The first-order valence-electron chi connectivity index (χ1n) is 12.4. The lowest BCUT2D eigenvalue weighted by Gasteiger charge is -2.13. The molecule has 1 amide bonds. The van der Waals surface area contributed by atoms with E-state index < -0.39 is 6.09 Å². The zero-order chi connectivity index (χ0) is 26.6. The first kappa shape index (κ1) is 24.3. The third kappa shape index (κ3) is 4.83. The van der Waals surface area contributed by atoms with E-state index in [1.807, 2.05) is 126 Å². The van der Waals surface area contributed by atoms with Gasteiger partial charge in [0.05, 0.1) is 7.11 Å². The summed E-state index contributed by atoms with van der Waals surface area (Å²) in [4.78, 5) is 22.9. The molecular formula is C32H24N4O2S. The highest BCUT2D eigenvalue weighted by Crippen LogP contribution is 2.43. The molecule has 0 aliphatic rings. The smallest absolute Gasteiger partial charge is 0.412 e. The van der Waals surface area contributed by atoms with Crippen LogP contribution in [0.25, 0.3) is 49.5 Å². The second-order valence-corrected chi connectivity index (χ2v) is 9.70. The van der Waals surface area contributed by atoms with Gasteiger partial charge in [0.2, 0.25) is 0 Å². The Morgan fingerprint density at radius 3 is 1.69 bits per heavy atom. The molecule has 6 aromatic rings. The number of methoxy groups -OCH3 is 1. The van der Waals surface area contributed by atoms with Crippen LogP contribution in [0.2, 0.25) is 0 Å². The first-order valence-corrected chi connectivity index (χ1v) is 13.2. The van der Waals surface area contributed by atoms with Crippen LogP contribution in [-0.4, -0.2) is 27.7 Å². The predicted molar refractivity (Wildman–Crippen MR) is 157 cm³/mol. The maximum atomic E-state index is 12.7. The molecule has 1 N–H and O–H groups in total. The molecule has 0 unspecified atom stereocenters. The number of hydrogen-bond donors (Lipinski definition) is 1. The number of benzene rings is 4. The molecule has 6 rings (SSSR count). The van der Waals surface area contributed by atoms with Gasteiger partial charge in [-0.2, -0.15) is 0 Å². The number of nitrogens with zero attached hydrogens (tertiary/aromatic N) is 3. The summed E-state index contributed by atoms with van der Waals surface area (Å²) in [5, 5.41) is 4.66. The minimum Gasteiger partial charge on any atom is -0.453 e. The lowest BCUT2D eigenvalue weighted by atomic mass is 10.1. The van der Waals surface area contributed by atoms with Crippen molar-refractivity contribution in [2.24, 2.45) is 0 Å². The Labute approximate surface area is 230 Å². The van der Waals surface area contributed by atoms with Gasteiger partial charge in [-0.05, 0) is 0 Å². The largest absolute Gasteiger partial charge is 0.453 e. The number of imidazole rings is 1. The van der Waals surface area contributed by atoms with E-state index in [0.717, 1.165) is 38.0 Å². The highest BCUT2D eigenvalue weighted by Gasteiger charge is 2.27. The quantitative estimate of drug-likeness (QED) is 0.237. The summed E-state index contributed by atoms with van der Waals surface area (Å²) in [5.41, 5.74) is 5.17. The lowest BCUT2D eigenvalue weighted by Crippen LogP contribution is -2.15. The molecule has 7 heteroatoms. The monoisotopic (exact) mass is 528 g/mol. The minimum atomic E-state index is -0.581. The number of ether oxygens (including phenoxy) is 1. The Bertz CT molecular complexity index is 1710. The topological polar surface area (TPSA) is 69.0 Å². The molecule has 2 heterocycles. The van der Waals surface area contributed by atoms with Gasteiger partial charge in [0.1, 0.15) is 33.0 Å². The number of rotatable bonds is 6. The predicted octanol–water partition coefficient (Wildman–Crippen LogP) is 8.18. The second kappa shape index (κ2) is 10.8. The summed E-state index contributed by atoms with van der Waals surface area (Å²) < 4.78 is 7.02. The van der Waals surface area contributed by atoms with Crippen molar-refractivity contribution in [3.63, 3.8) is 0 Å². The Balaban J connectivity index is 1.69. The fraction of sp³-hybridized carbons (Fsp3) is 0.0312. The van der Waals surface area contributed by atoms with Gasteiger partial charge in [-0.15, -0.1) is 0 Å². The molecule has 0 saturated carbocycles. The standard InChI is InChI=1S/C32H24N4O2S/c1-38-32(37)35-29-26(22-14-6-2-7-15-22)33-28(24-18-10-4-11-19-24)36(29)31-27(23-16-8-3-9-17-23)34-30(39-31)25-20-12-5-13-21-25/h2-21H,1H3,(H,35,37). The molecule has 0 radical (unpaired) electrons. The maximum absolute atomic E-state index is 12.7. The molecule has 190 valence electrons. The van der Waals surface area contributed by atoms with E-state index >= 15 is 0 Å². The molecule has 2 aromatic heterocycles. The van der Waals surface area contributed by atoms with Crippen LogP contribution >= 0.6 is 11.3 Å². The van der Waals surface area contributed by atoms with Crippen LogP contribution < -0.4 is 5.32 Å². The van der Waals surface area contributed by atoms with Crippen molar-refractivity contribution in [2.75, 3.05) is 12.4 Å². The van der Waals surface area contributed by atoms with E-state index in [9.17, 15) is 4.79 Å². The average molecular weight is 529 g/mol. The van der Waals surface area contributed by atoms with Crippen molar-refractivity contribution < 1.29 is 9.53 Å². The number of carbonyl (C=O) groups excluding carboxylic acids is 1. The molecule has 0 spiro atoms. The number of aromatic nitrogens is 3. The number of carbonyl (C=O) groups is 1. The van der Waals surface area contributed by atoms with Gasteiger partial charge in [-0.3, -0.25) is 9.88 Å². The van der Waals surface area contributed by atoms with Gasteiger partial charge < -0.3 is 4.74 Å². The van der Waals surface area contributed by atoms with Crippen molar-refractivity contribution >= 4 is 23.2 Å². The van der Waals surface area contributed by atoms with Crippen LogP contribution in [0.3, 0.4) is 0 Å². The highest BCUT2D eigenvalue weighted by atomic mass is 32.1. The Kier molecular flexibility index (Phi) is 6.72. The molecule has 0 aliphatic heterocycles. The molecule has 4 aromatic carbocycles. The number of amides is 1. The summed E-state index contributed by atoms with van der Waals surface area (Å²) in [6, 6.07) is 39.9. The van der Waals surface area contributed by atoms with E-state index in [4.69, 9.17) is 14.7 Å². The van der Waals surface area contributed by atoms with Gasteiger partial charge in [0.15, 0.2) is 0 Å². The SMILES string of the molecule is COC(=O)Nc1c(-c2ccccc2)nc(-c2ccccc2)n1-c1sc(-c2ccccc2)nc1-c1ccccc1. The highest BCUT2D eigenvalue weighted by molar-refractivity contribution is 7.18. The molecule has 0 atom stereocenters. The van der Waals surface area contributed by atoms with Crippen molar-refractivity contribution in [1.82, 2.24) is 14.5 Å². The van der Waals surface area contributed by atoms with Gasteiger partial charge in [0.25, 0.3) is 0 Å². The van der Waals surface area contributed by atoms with Crippen LogP contribution in [0.5, 0.6) is 0 Å². The van der Waals surface area contributed by atoms with Crippen LogP contribution in [-0.2, 0) is 4.74 Å². The van der Waals surface area contributed by atoms with E-state index in [-0.39, 0.29) is 0 Å². The van der Waals surface area contributed by atoms with Crippen LogP contribution in [0.15, 0.2) is 121 Å². The van der Waals surface area contributed by atoms with E-state index in [1.165, 1.54) is 7.11 Å². The van der Waals surface area contributed by atoms with Crippen molar-refractivity contribution in [1.29, 1.82) is 0 Å². The normalized spacial score (nSPS) is 10.8. The zero-order valence-corrected chi connectivity index (χ0v) is 21.9. The van der Waals surface area contributed by atoms with Crippen molar-refractivity contribution in [2.45, 2.75) is 0 Å². The van der Waals surface area contributed by atoms with Gasteiger partial charge in [-0.1, -0.05) is 133 Å². The second-order valence-electron chi connectivity index (χ2n) is 8.72. The summed E-state index contributed by atoms with van der Waals surface area (Å²) >= 11 is 1.55. The molecule has 0 aliphatic carbocycles. The Morgan fingerprint density at radius 2 is 1.15 bits per heavy atom. The average Bonchev–Trinajstić information content (AvgIpc) is 3.61. The minimum absolute atomic E-state index is 0.507. The summed E-state index contributed by atoms with van der Waals surface area (Å²) in [5.74, 6) is 1.19. The number of hydrogen-bond acceptors (Lipinski definition) is 5. The zero-order valence-electron chi connectivity index (χ0n) is 21.1.